The number of nitrogens with zero attached hydrogens (tertiary/aromatic N) is 1. The van der Waals surface area contributed by atoms with Gasteiger partial charge < -0.3 is 11.1 Å². The molecule has 1 heterocycles. The first-order valence-corrected chi connectivity index (χ1v) is 4.93. The van der Waals surface area contributed by atoms with Gasteiger partial charge in [-0.15, -0.1) is 24.8 Å². The molecule has 1 amide bonds. The Morgan fingerprint density at radius 2 is 1.88 bits per heavy atom. The summed E-state index contributed by atoms with van der Waals surface area (Å²) >= 11 is 0. The number of nitrogens with two attached hydrogens (primary N) is 1. The Kier molecular flexibility index (Phi) is 9.02. The van der Waals surface area contributed by atoms with E-state index in [4.69, 9.17) is 5.73 Å². The molecule has 1 aromatic rings. The number of rotatable bonds is 4. The highest BCUT2D eigenvalue weighted by Gasteiger charge is 2.25. The Hall–Kier alpha value is -0.840. The predicted octanol–water partition coefficient (Wildman–Crippen LogP) is 1.53. The zero-order valence-electron chi connectivity index (χ0n) is 9.97. The van der Waals surface area contributed by atoms with Crippen molar-refractivity contribution in [2.24, 2.45) is 11.1 Å². The van der Waals surface area contributed by atoms with Crippen LogP contribution in [0.5, 0.6) is 0 Å². The van der Waals surface area contributed by atoms with E-state index < -0.39 is 5.41 Å². The minimum absolute atomic E-state index is 0. The minimum Gasteiger partial charge on any atom is -0.352 e. The van der Waals surface area contributed by atoms with Crippen molar-refractivity contribution in [3.63, 3.8) is 0 Å². The van der Waals surface area contributed by atoms with Gasteiger partial charge in [-0.1, -0.05) is 0 Å². The van der Waals surface area contributed by atoms with Crippen molar-refractivity contribution in [2.75, 3.05) is 6.54 Å². The molecule has 1 aromatic heterocycles. The number of amides is 1. The Morgan fingerprint density at radius 1 is 1.35 bits per heavy atom. The van der Waals surface area contributed by atoms with E-state index in [1.807, 2.05) is 26.0 Å². The molecule has 1 rings (SSSR count). The van der Waals surface area contributed by atoms with Gasteiger partial charge in [0.05, 0.1) is 5.41 Å². The fourth-order valence-corrected chi connectivity index (χ4v) is 1.01. The highest BCUT2D eigenvalue weighted by Crippen LogP contribution is 2.12. The van der Waals surface area contributed by atoms with E-state index in [2.05, 4.69) is 10.3 Å². The van der Waals surface area contributed by atoms with Crippen LogP contribution in [0.15, 0.2) is 24.5 Å². The maximum atomic E-state index is 11.7. The quantitative estimate of drug-likeness (QED) is 0.878. The molecule has 98 valence electrons. The largest absolute Gasteiger partial charge is 0.352 e. The van der Waals surface area contributed by atoms with Crippen LogP contribution in [0.1, 0.15) is 19.4 Å². The summed E-state index contributed by atoms with van der Waals surface area (Å²) in [6, 6.07) is 3.74. The zero-order valence-corrected chi connectivity index (χ0v) is 11.6. The molecule has 0 saturated heterocycles. The average molecular weight is 280 g/mol. The topological polar surface area (TPSA) is 68.0 Å². The van der Waals surface area contributed by atoms with Crippen molar-refractivity contribution < 1.29 is 4.79 Å². The summed E-state index contributed by atoms with van der Waals surface area (Å²) in [6.07, 6.45) is 3.41. The summed E-state index contributed by atoms with van der Waals surface area (Å²) in [5.74, 6) is -0.0261. The molecule has 0 saturated carbocycles. The second-order valence-corrected chi connectivity index (χ2v) is 4.13. The molecule has 0 unspecified atom stereocenters. The summed E-state index contributed by atoms with van der Waals surface area (Å²) in [5, 5.41) is 2.84. The van der Waals surface area contributed by atoms with Crippen LogP contribution in [-0.4, -0.2) is 17.4 Å². The molecular formula is C11H19Cl2N3O. The van der Waals surface area contributed by atoms with Crippen LogP contribution < -0.4 is 11.1 Å². The highest BCUT2D eigenvalue weighted by molar-refractivity contribution is 5.85. The van der Waals surface area contributed by atoms with Crippen molar-refractivity contribution in [2.45, 2.75) is 20.4 Å². The number of aromatic nitrogens is 1. The van der Waals surface area contributed by atoms with Gasteiger partial charge in [-0.3, -0.25) is 9.78 Å². The van der Waals surface area contributed by atoms with Gasteiger partial charge in [0.2, 0.25) is 5.91 Å². The van der Waals surface area contributed by atoms with Crippen molar-refractivity contribution in [1.29, 1.82) is 0 Å². The van der Waals surface area contributed by atoms with E-state index in [-0.39, 0.29) is 30.7 Å². The molecule has 0 radical (unpaired) electrons. The molecule has 0 aliphatic carbocycles. The summed E-state index contributed by atoms with van der Waals surface area (Å²) in [4.78, 5) is 15.6. The lowest BCUT2D eigenvalue weighted by Crippen LogP contribution is -2.41. The number of carbonyl (C=O) groups is 1. The lowest BCUT2D eigenvalue weighted by molar-refractivity contribution is -0.129. The maximum Gasteiger partial charge on any atom is 0.227 e. The van der Waals surface area contributed by atoms with Crippen molar-refractivity contribution in [3.8, 4) is 0 Å². The van der Waals surface area contributed by atoms with Crippen molar-refractivity contribution >= 4 is 30.7 Å². The average Bonchev–Trinajstić information content (AvgIpc) is 2.27. The van der Waals surface area contributed by atoms with Gasteiger partial charge in [-0.2, -0.15) is 0 Å². The third-order valence-electron chi connectivity index (χ3n) is 2.33. The number of hydrogen-bond acceptors (Lipinski definition) is 3. The van der Waals surface area contributed by atoms with Gasteiger partial charge >= 0.3 is 0 Å². The third kappa shape index (κ3) is 5.86. The molecule has 0 spiro atoms. The van der Waals surface area contributed by atoms with E-state index >= 15 is 0 Å². The number of halogens is 2. The first-order valence-electron chi connectivity index (χ1n) is 4.93. The fraction of sp³-hybridized carbons (Fsp3) is 0.455. The van der Waals surface area contributed by atoms with Crippen molar-refractivity contribution in [1.82, 2.24) is 10.3 Å². The van der Waals surface area contributed by atoms with E-state index in [1.165, 1.54) is 0 Å². The van der Waals surface area contributed by atoms with Crippen LogP contribution in [0.3, 0.4) is 0 Å². The van der Waals surface area contributed by atoms with Crippen LogP contribution in [0.4, 0.5) is 0 Å². The summed E-state index contributed by atoms with van der Waals surface area (Å²) in [7, 11) is 0. The van der Waals surface area contributed by atoms with E-state index in [0.717, 1.165) is 5.56 Å². The lowest BCUT2D eigenvalue weighted by Gasteiger charge is -2.21. The zero-order chi connectivity index (χ0) is 11.3. The monoisotopic (exact) mass is 279 g/mol. The van der Waals surface area contributed by atoms with Crippen LogP contribution in [0, 0.1) is 5.41 Å². The molecule has 17 heavy (non-hydrogen) atoms. The van der Waals surface area contributed by atoms with E-state index in [1.54, 1.807) is 12.4 Å². The Labute approximate surface area is 114 Å². The molecule has 3 N–H and O–H groups in total. The Morgan fingerprint density at radius 3 is 2.35 bits per heavy atom. The number of hydrogen-bond donors (Lipinski definition) is 2. The van der Waals surface area contributed by atoms with Gasteiger partial charge in [0.1, 0.15) is 0 Å². The third-order valence-corrected chi connectivity index (χ3v) is 2.33. The van der Waals surface area contributed by atoms with Gasteiger partial charge in [-0.25, -0.2) is 0 Å². The molecule has 4 nitrogen and oxygen atoms in total. The number of pyridine rings is 1. The molecular weight excluding hydrogens is 261 g/mol. The predicted molar refractivity (Wildman–Crippen MR) is 73.4 cm³/mol. The van der Waals surface area contributed by atoms with Gasteiger partial charge in [0.25, 0.3) is 0 Å². The van der Waals surface area contributed by atoms with Crippen LogP contribution in [0.2, 0.25) is 0 Å². The maximum absolute atomic E-state index is 11.7. The first-order chi connectivity index (χ1) is 7.06. The second-order valence-electron chi connectivity index (χ2n) is 4.13. The standard InChI is InChI=1S/C11H17N3O.2ClH/c1-11(2,8-12)10(15)14-7-9-3-5-13-6-4-9;;/h3-6H,7-8,12H2,1-2H3,(H,14,15);2*1H. The normalized spacial score (nSPS) is 9.82. The molecule has 6 heteroatoms. The second kappa shape index (κ2) is 8.28. The summed E-state index contributed by atoms with van der Waals surface area (Å²) in [6.45, 7) is 4.52. The summed E-state index contributed by atoms with van der Waals surface area (Å²) in [5.41, 5.74) is 6.03. The number of nitrogens with one attached hydrogen (secondary N) is 1. The van der Waals surface area contributed by atoms with Crippen LogP contribution >= 0.6 is 24.8 Å². The summed E-state index contributed by atoms with van der Waals surface area (Å²) < 4.78 is 0. The van der Waals surface area contributed by atoms with Gasteiger partial charge in [-0.05, 0) is 31.5 Å². The minimum atomic E-state index is -0.507. The SMILES string of the molecule is CC(C)(CN)C(=O)NCc1ccncc1.Cl.Cl. The van der Waals surface area contributed by atoms with Gasteiger partial charge in [0, 0.05) is 25.5 Å². The first kappa shape index (κ1) is 18.5. The Balaban J connectivity index is 0. The van der Waals surface area contributed by atoms with Crippen molar-refractivity contribution in [3.05, 3.63) is 30.1 Å². The fourth-order valence-electron chi connectivity index (χ4n) is 1.01. The Bertz CT molecular complexity index is 331. The number of carbonyl (C=O) groups excluding carboxylic acids is 1. The molecule has 0 fully saturated rings. The van der Waals surface area contributed by atoms with E-state index in [0.29, 0.717) is 13.1 Å². The molecule has 0 aliphatic rings. The van der Waals surface area contributed by atoms with E-state index in [9.17, 15) is 4.79 Å². The lowest BCUT2D eigenvalue weighted by atomic mass is 9.92. The van der Waals surface area contributed by atoms with Crippen LogP contribution in [-0.2, 0) is 11.3 Å². The smallest absolute Gasteiger partial charge is 0.227 e. The molecule has 0 bridgehead atoms. The molecule has 0 aliphatic heterocycles. The molecule has 0 aromatic carbocycles. The molecule has 0 atom stereocenters. The highest BCUT2D eigenvalue weighted by atomic mass is 35.5. The van der Waals surface area contributed by atoms with Crippen LogP contribution in [0.25, 0.3) is 0 Å². The van der Waals surface area contributed by atoms with Gasteiger partial charge in [0.15, 0.2) is 0 Å².